The van der Waals surface area contributed by atoms with Gasteiger partial charge in [0.15, 0.2) is 0 Å². The second-order valence-electron chi connectivity index (χ2n) is 7.97. The largest absolute Gasteiger partial charge is 0.465 e. The third-order valence-electron chi connectivity index (χ3n) is 5.80. The first kappa shape index (κ1) is 21.8. The molecule has 0 radical (unpaired) electrons. The molecule has 2 saturated heterocycles. The van der Waals surface area contributed by atoms with Gasteiger partial charge in [-0.2, -0.15) is 0 Å². The summed E-state index contributed by atoms with van der Waals surface area (Å²) in [5.41, 5.74) is 1.37. The molecule has 0 spiro atoms. The molecule has 0 atom stereocenters. The lowest BCUT2D eigenvalue weighted by Crippen LogP contribution is -2.39. The Hall–Kier alpha value is -2.38. The van der Waals surface area contributed by atoms with E-state index in [-0.39, 0.29) is 11.8 Å². The van der Waals surface area contributed by atoms with Crippen LogP contribution in [0.5, 0.6) is 0 Å². The molecule has 2 fully saturated rings. The predicted molar refractivity (Wildman–Crippen MR) is 127 cm³/mol. The molecule has 3 heterocycles. The number of amides is 2. The van der Waals surface area contributed by atoms with Crippen molar-refractivity contribution in [3.8, 4) is 0 Å². The number of rotatable bonds is 7. The van der Waals surface area contributed by atoms with Gasteiger partial charge in [-0.1, -0.05) is 54.3 Å². The van der Waals surface area contributed by atoms with Crippen molar-refractivity contribution < 1.29 is 14.0 Å². The van der Waals surface area contributed by atoms with Crippen LogP contribution in [0.2, 0.25) is 0 Å². The van der Waals surface area contributed by atoms with Crippen molar-refractivity contribution in [2.75, 3.05) is 19.6 Å². The van der Waals surface area contributed by atoms with Crippen LogP contribution < -0.4 is 0 Å². The van der Waals surface area contributed by atoms with Crippen molar-refractivity contribution in [1.82, 2.24) is 9.80 Å². The molecular weight excluding hydrogens is 428 g/mol. The van der Waals surface area contributed by atoms with Gasteiger partial charge in [0, 0.05) is 32.1 Å². The molecule has 0 aliphatic carbocycles. The summed E-state index contributed by atoms with van der Waals surface area (Å²) >= 11 is 6.64. The van der Waals surface area contributed by atoms with Gasteiger partial charge < -0.3 is 9.32 Å². The number of likely N-dealkylation sites (tertiary alicyclic amines) is 1. The highest BCUT2D eigenvalue weighted by atomic mass is 32.2. The minimum Gasteiger partial charge on any atom is -0.465 e. The van der Waals surface area contributed by atoms with Gasteiger partial charge in [-0.05, 0) is 49.3 Å². The van der Waals surface area contributed by atoms with Gasteiger partial charge in [0.25, 0.3) is 5.91 Å². The highest BCUT2D eigenvalue weighted by Crippen LogP contribution is 2.32. The van der Waals surface area contributed by atoms with Crippen LogP contribution >= 0.6 is 24.0 Å². The van der Waals surface area contributed by atoms with Crippen molar-refractivity contribution in [3.63, 3.8) is 0 Å². The van der Waals surface area contributed by atoms with Gasteiger partial charge in [-0.3, -0.25) is 14.5 Å². The fourth-order valence-electron chi connectivity index (χ4n) is 4.08. The number of piperidine rings is 1. The van der Waals surface area contributed by atoms with E-state index in [2.05, 4.69) is 24.3 Å². The maximum atomic E-state index is 12.6. The lowest BCUT2D eigenvalue weighted by atomic mass is 9.90. The van der Waals surface area contributed by atoms with Crippen LogP contribution in [0.15, 0.2) is 58.1 Å². The van der Waals surface area contributed by atoms with E-state index in [9.17, 15) is 9.59 Å². The number of hydrogen-bond donors (Lipinski definition) is 0. The Morgan fingerprint density at radius 1 is 1.16 bits per heavy atom. The predicted octanol–water partition coefficient (Wildman–Crippen LogP) is 4.74. The van der Waals surface area contributed by atoms with Gasteiger partial charge in [-0.25, -0.2) is 0 Å². The van der Waals surface area contributed by atoms with E-state index in [1.165, 1.54) is 17.3 Å². The Bertz CT molecular complexity index is 948. The van der Waals surface area contributed by atoms with Gasteiger partial charge in [0.2, 0.25) is 5.91 Å². The number of hydrogen-bond acceptors (Lipinski definition) is 5. The van der Waals surface area contributed by atoms with Gasteiger partial charge in [0.1, 0.15) is 10.1 Å². The average Bonchev–Trinajstić information content (AvgIpc) is 3.38. The van der Waals surface area contributed by atoms with E-state index in [0.717, 1.165) is 32.4 Å². The van der Waals surface area contributed by atoms with Gasteiger partial charge >= 0.3 is 0 Å². The molecule has 2 aliphatic heterocycles. The third kappa shape index (κ3) is 5.66. The molecule has 0 unspecified atom stereocenters. The molecule has 31 heavy (non-hydrogen) atoms. The Labute approximate surface area is 192 Å². The number of furan rings is 1. The summed E-state index contributed by atoms with van der Waals surface area (Å²) in [5, 5.41) is 0. The number of thioether (sulfide) groups is 1. The monoisotopic (exact) mass is 454 g/mol. The molecule has 5 nitrogen and oxygen atoms in total. The molecule has 0 N–H and O–H groups in total. The van der Waals surface area contributed by atoms with Gasteiger partial charge in [-0.15, -0.1) is 0 Å². The molecule has 4 rings (SSSR count). The second kappa shape index (κ2) is 10.3. The quantitative estimate of drug-likeness (QED) is 0.447. The zero-order chi connectivity index (χ0) is 21.6. The van der Waals surface area contributed by atoms with Crippen molar-refractivity contribution in [3.05, 3.63) is 65.0 Å². The summed E-state index contributed by atoms with van der Waals surface area (Å²) < 4.78 is 5.82. The summed E-state index contributed by atoms with van der Waals surface area (Å²) in [5.74, 6) is 1.34. The topological polar surface area (TPSA) is 53.8 Å². The maximum absolute atomic E-state index is 12.6. The van der Waals surface area contributed by atoms with Crippen molar-refractivity contribution >= 4 is 46.2 Å². The minimum absolute atomic E-state index is 0.111. The van der Waals surface area contributed by atoms with Crippen LogP contribution in [0, 0.1) is 5.92 Å². The molecule has 162 valence electrons. The number of nitrogens with zero attached hydrogens (tertiary/aromatic N) is 2. The Balaban J connectivity index is 1.20. The molecule has 2 amide bonds. The SMILES string of the molecule is O=C(CCCN1C(=O)/C(=C\c2ccco2)SC1=S)N1CCC(Cc2ccccc2)CC1. The third-order valence-corrected chi connectivity index (χ3v) is 7.17. The van der Waals surface area contributed by atoms with Crippen LogP contribution in [-0.4, -0.2) is 45.6 Å². The fourth-order valence-corrected chi connectivity index (χ4v) is 5.36. The molecule has 0 bridgehead atoms. The molecule has 1 aromatic carbocycles. The van der Waals surface area contributed by atoms with Crippen LogP contribution in [0.1, 0.15) is 37.0 Å². The number of carbonyl (C=O) groups is 2. The van der Waals surface area contributed by atoms with E-state index in [4.69, 9.17) is 16.6 Å². The van der Waals surface area contributed by atoms with Crippen LogP contribution in [0.3, 0.4) is 0 Å². The summed E-state index contributed by atoms with van der Waals surface area (Å²) in [6.45, 7) is 2.11. The first-order valence-corrected chi connectivity index (χ1v) is 11.9. The number of benzene rings is 1. The Kier molecular flexibility index (Phi) is 7.25. The highest BCUT2D eigenvalue weighted by Gasteiger charge is 2.32. The van der Waals surface area contributed by atoms with Crippen molar-refractivity contribution in [2.45, 2.75) is 32.1 Å². The van der Waals surface area contributed by atoms with Crippen LogP contribution in [0.25, 0.3) is 6.08 Å². The first-order valence-electron chi connectivity index (χ1n) is 10.7. The second-order valence-corrected chi connectivity index (χ2v) is 9.64. The Morgan fingerprint density at radius 3 is 2.65 bits per heavy atom. The fraction of sp³-hybridized carbons (Fsp3) is 0.375. The van der Waals surface area contributed by atoms with E-state index in [1.54, 1.807) is 29.4 Å². The smallest absolute Gasteiger partial charge is 0.266 e. The van der Waals surface area contributed by atoms with Crippen molar-refractivity contribution in [1.29, 1.82) is 0 Å². The lowest BCUT2D eigenvalue weighted by Gasteiger charge is -2.32. The van der Waals surface area contributed by atoms with E-state index >= 15 is 0 Å². The van der Waals surface area contributed by atoms with E-state index in [0.29, 0.717) is 40.3 Å². The van der Waals surface area contributed by atoms with Crippen LogP contribution in [0.4, 0.5) is 0 Å². The molecule has 0 saturated carbocycles. The summed E-state index contributed by atoms with van der Waals surface area (Å²) in [6, 6.07) is 14.1. The molecule has 7 heteroatoms. The molecule has 2 aromatic rings. The lowest BCUT2D eigenvalue weighted by molar-refractivity contribution is -0.133. The molecule has 2 aliphatic rings. The van der Waals surface area contributed by atoms with E-state index in [1.807, 2.05) is 11.0 Å². The maximum Gasteiger partial charge on any atom is 0.266 e. The Morgan fingerprint density at radius 2 is 1.94 bits per heavy atom. The average molecular weight is 455 g/mol. The normalized spacial score (nSPS) is 18.9. The van der Waals surface area contributed by atoms with E-state index < -0.39 is 0 Å². The summed E-state index contributed by atoms with van der Waals surface area (Å²) in [7, 11) is 0. The zero-order valence-corrected chi connectivity index (χ0v) is 19.0. The van der Waals surface area contributed by atoms with Crippen molar-refractivity contribution in [2.24, 2.45) is 5.92 Å². The molecule has 1 aromatic heterocycles. The van der Waals surface area contributed by atoms with Gasteiger partial charge in [0.05, 0.1) is 11.2 Å². The standard InChI is InChI=1S/C24H26N2O3S2/c27-22(25-13-10-19(11-14-25)16-18-6-2-1-3-7-18)9-4-12-26-23(28)21(31-24(26)30)17-20-8-5-15-29-20/h1-3,5-8,15,17,19H,4,9-14,16H2/b21-17+. The first-order chi connectivity index (χ1) is 15.1. The zero-order valence-electron chi connectivity index (χ0n) is 17.4. The number of carbonyl (C=O) groups excluding carboxylic acids is 2. The number of thiocarbonyl (C=S) groups is 1. The minimum atomic E-state index is -0.111. The molecular formula is C24H26N2O3S2. The summed E-state index contributed by atoms with van der Waals surface area (Å²) in [4.78, 5) is 29.4. The van der Waals surface area contributed by atoms with Crippen LogP contribution in [-0.2, 0) is 16.0 Å². The highest BCUT2D eigenvalue weighted by molar-refractivity contribution is 8.26. The summed E-state index contributed by atoms with van der Waals surface area (Å²) in [6.07, 6.45) is 7.52.